The van der Waals surface area contributed by atoms with E-state index < -0.39 is 0 Å². The van der Waals surface area contributed by atoms with Gasteiger partial charge in [-0.25, -0.2) is 4.39 Å². The molecule has 0 saturated heterocycles. The van der Waals surface area contributed by atoms with Crippen molar-refractivity contribution in [3.63, 3.8) is 0 Å². The number of unbranched alkanes of at least 4 members (excludes halogenated alkanes) is 1. The van der Waals surface area contributed by atoms with E-state index in [0.29, 0.717) is 0 Å². The zero-order valence-electron chi connectivity index (χ0n) is 17.0. The predicted octanol–water partition coefficient (Wildman–Crippen LogP) is 7.82. The van der Waals surface area contributed by atoms with Gasteiger partial charge in [-0.1, -0.05) is 31.6 Å². The Morgan fingerprint density at radius 2 is 1.56 bits per heavy atom. The van der Waals surface area contributed by atoms with Gasteiger partial charge in [0.1, 0.15) is 5.75 Å². The second-order valence-corrected chi connectivity index (χ2v) is 8.76. The number of rotatable bonds is 8. The molecule has 0 unspecified atom stereocenters. The Morgan fingerprint density at radius 3 is 2.15 bits per heavy atom. The average Bonchev–Trinajstić information content (AvgIpc) is 2.73. The van der Waals surface area contributed by atoms with Crippen molar-refractivity contribution in [2.75, 3.05) is 6.61 Å². The molecule has 2 aliphatic rings. The largest absolute Gasteiger partial charge is 0.494 e. The maximum atomic E-state index is 12.2. The van der Waals surface area contributed by atoms with Crippen LogP contribution >= 0.6 is 0 Å². The molecule has 3 rings (SSSR count). The molecule has 0 heterocycles. The summed E-state index contributed by atoms with van der Waals surface area (Å²) >= 11 is 0. The number of allylic oxidation sites excluding steroid dienone is 1. The van der Waals surface area contributed by atoms with Crippen molar-refractivity contribution in [2.45, 2.75) is 83.5 Å². The van der Waals surface area contributed by atoms with E-state index in [1.165, 1.54) is 63.4 Å². The summed E-state index contributed by atoms with van der Waals surface area (Å²) in [6.07, 6.45) is 16.4. The van der Waals surface area contributed by atoms with Gasteiger partial charge < -0.3 is 4.74 Å². The first-order valence-electron chi connectivity index (χ1n) is 11.3. The van der Waals surface area contributed by atoms with Crippen LogP contribution in [0.2, 0.25) is 0 Å². The Labute approximate surface area is 165 Å². The minimum atomic E-state index is 0.719. The summed E-state index contributed by atoms with van der Waals surface area (Å²) in [7, 11) is 0. The highest BCUT2D eigenvalue weighted by Gasteiger charge is 2.31. The first kappa shape index (κ1) is 20.4. The third kappa shape index (κ3) is 6.09. The van der Waals surface area contributed by atoms with Crippen LogP contribution in [0.1, 0.15) is 89.0 Å². The summed E-state index contributed by atoms with van der Waals surface area (Å²) in [4.78, 5) is 0. The van der Waals surface area contributed by atoms with Crippen LogP contribution in [-0.2, 0) is 0 Å². The molecule has 1 aromatic carbocycles. The van der Waals surface area contributed by atoms with Crippen LogP contribution in [0.25, 0.3) is 0 Å². The van der Waals surface area contributed by atoms with E-state index in [4.69, 9.17) is 4.74 Å². The topological polar surface area (TPSA) is 9.23 Å². The lowest BCUT2D eigenvalue weighted by molar-refractivity contribution is 0.160. The molecule has 150 valence electrons. The molecule has 0 aromatic heterocycles. The fourth-order valence-electron chi connectivity index (χ4n) is 5.23. The minimum absolute atomic E-state index is 0.719. The molecule has 1 aromatic rings. The SMILES string of the molecule is CCCCOc1ccc(C2CCC(C3CCC(CC=CF)CC3)CC2)cc1. The molecule has 0 aliphatic heterocycles. The van der Waals surface area contributed by atoms with Crippen molar-refractivity contribution in [3.8, 4) is 5.75 Å². The van der Waals surface area contributed by atoms with E-state index in [1.54, 1.807) is 6.08 Å². The maximum absolute atomic E-state index is 12.2. The lowest BCUT2D eigenvalue weighted by atomic mass is 9.68. The van der Waals surface area contributed by atoms with Gasteiger partial charge in [0, 0.05) is 0 Å². The summed E-state index contributed by atoms with van der Waals surface area (Å²) < 4.78 is 18.0. The zero-order valence-corrected chi connectivity index (χ0v) is 17.0. The molecular weight excluding hydrogens is 335 g/mol. The Bertz CT molecular complexity index is 548. The van der Waals surface area contributed by atoms with E-state index in [0.717, 1.165) is 55.2 Å². The molecule has 0 N–H and O–H groups in total. The van der Waals surface area contributed by atoms with Crippen molar-refractivity contribution in [1.82, 2.24) is 0 Å². The van der Waals surface area contributed by atoms with Gasteiger partial charge in [0.2, 0.25) is 0 Å². The van der Waals surface area contributed by atoms with Crippen LogP contribution in [0, 0.1) is 17.8 Å². The molecule has 2 saturated carbocycles. The summed E-state index contributed by atoms with van der Waals surface area (Å²) in [5, 5.41) is 0. The molecule has 0 radical (unpaired) electrons. The van der Waals surface area contributed by atoms with Gasteiger partial charge in [-0.15, -0.1) is 0 Å². The molecule has 0 bridgehead atoms. The molecule has 0 amide bonds. The van der Waals surface area contributed by atoms with E-state index in [2.05, 4.69) is 31.2 Å². The number of hydrogen-bond donors (Lipinski definition) is 0. The van der Waals surface area contributed by atoms with Gasteiger partial charge in [0.05, 0.1) is 12.9 Å². The smallest absolute Gasteiger partial charge is 0.119 e. The Kier molecular flexibility index (Phi) is 8.23. The standard InChI is InChI=1S/C25H37FO/c1-2-3-19-27-25-16-14-24(15-17-25)23-12-10-22(11-13-23)21-8-6-20(7-9-21)5-4-18-26/h4,14-18,20-23H,2-3,5-13,19H2,1H3. The maximum Gasteiger partial charge on any atom is 0.119 e. The Hall–Kier alpha value is -1.31. The molecule has 2 heteroatoms. The molecule has 1 nitrogen and oxygen atoms in total. The van der Waals surface area contributed by atoms with E-state index in [9.17, 15) is 4.39 Å². The quantitative estimate of drug-likeness (QED) is 0.423. The normalized spacial score (nSPS) is 29.1. The van der Waals surface area contributed by atoms with Crippen molar-refractivity contribution in [1.29, 1.82) is 0 Å². The van der Waals surface area contributed by atoms with Crippen LogP contribution < -0.4 is 4.74 Å². The van der Waals surface area contributed by atoms with E-state index in [-0.39, 0.29) is 0 Å². The number of hydrogen-bond acceptors (Lipinski definition) is 1. The van der Waals surface area contributed by atoms with Gasteiger partial charge in [0.15, 0.2) is 0 Å². The Morgan fingerprint density at radius 1 is 0.926 bits per heavy atom. The predicted molar refractivity (Wildman–Crippen MR) is 112 cm³/mol. The van der Waals surface area contributed by atoms with Gasteiger partial charge >= 0.3 is 0 Å². The average molecular weight is 373 g/mol. The molecular formula is C25H37FO. The third-order valence-electron chi connectivity index (χ3n) is 7.01. The van der Waals surface area contributed by atoms with Gasteiger partial charge in [-0.2, -0.15) is 0 Å². The molecule has 27 heavy (non-hydrogen) atoms. The third-order valence-corrected chi connectivity index (χ3v) is 7.01. The van der Waals surface area contributed by atoms with Crippen LogP contribution in [0.5, 0.6) is 5.75 Å². The highest BCUT2D eigenvalue weighted by atomic mass is 19.1. The van der Waals surface area contributed by atoms with Crippen LogP contribution in [0.4, 0.5) is 4.39 Å². The lowest BCUT2D eigenvalue weighted by Gasteiger charge is -2.38. The minimum Gasteiger partial charge on any atom is -0.494 e. The lowest BCUT2D eigenvalue weighted by Crippen LogP contribution is -2.25. The number of halogens is 1. The van der Waals surface area contributed by atoms with Crippen LogP contribution in [-0.4, -0.2) is 6.61 Å². The fraction of sp³-hybridized carbons (Fsp3) is 0.680. The van der Waals surface area contributed by atoms with Gasteiger partial charge in [0.25, 0.3) is 0 Å². The summed E-state index contributed by atoms with van der Waals surface area (Å²) in [5.41, 5.74) is 1.50. The first-order valence-corrected chi connectivity index (χ1v) is 11.3. The zero-order chi connectivity index (χ0) is 18.9. The Balaban J connectivity index is 1.41. The molecule has 0 spiro atoms. The molecule has 2 fully saturated rings. The second kappa shape index (κ2) is 10.9. The fourth-order valence-corrected chi connectivity index (χ4v) is 5.23. The highest BCUT2D eigenvalue weighted by molar-refractivity contribution is 5.29. The molecule has 2 aliphatic carbocycles. The van der Waals surface area contributed by atoms with Crippen LogP contribution in [0.3, 0.4) is 0 Å². The van der Waals surface area contributed by atoms with Crippen molar-refractivity contribution in [2.24, 2.45) is 17.8 Å². The molecule has 0 atom stereocenters. The van der Waals surface area contributed by atoms with Crippen molar-refractivity contribution >= 4 is 0 Å². The first-order chi connectivity index (χ1) is 13.3. The highest BCUT2D eigenvalue weighted by Crippen LogP contribution is 2.44. The summed E-state index contributed by atoms with van der Waals surface area (Å²) in [6, 6.07) is 8.89. The number of benzene rings is 1. The van der Waals surface area contributed by atoms with E-state index in [1.807, 2.05) is 0 Å². The van der Waals surface area contributed by atoms with E-state index >= 15 is 0 Å². The van der Waals surface area contributed by atoms with Crippen LogP contribution in [0.15, 0.2) is 36.7 Å². The van der Waals surface area contributed by atoms with Gasteiger partial charge in [-0.3, -0.25) is 0 Å². The van der Waals surface area contributed by atoms with Gasteiger partial charge in [-0.05, 0) is 106 Å². The summed E-state index contributed by atoms with van der Waals surface area (Å²) in [5.74, 6) is 4.32. The monoisotopic (exact) mass is 372 g/mol. The number of ether oxygens (including phenoxy) is 1. The summed E-state index contributed by atoms with van der Waals surface area (Å²) in [6.45, 7) is 3.02. The van der Waals surface area contributed by atoms with Crippen molar-refractivity contribution < 1.29 is 9.13 Å². The van der Waals surface area contributed by atoms with Crippen molar-refractivity contribution in [3.05, 3.63) is 42.2 Å². The second-order valence-electron chi connectivity index (χ2n) is 8.76.